The number of ether oxygens (including phenoxy) is 2. The third kappa shape index (κ3) is 7.49. The van der Waals surface area contributed by atoms with E-state index >= 15 is 0 Å². The van der Waals surface area contributed by atoms with Crippen LogP contribution in [0.25, 0.3) is 0 Å². The number of likely N-dealkylation sites (tertiary alicyclic amines) is 1. The zero-order chi connectivity index (χ0) is 30.3. The number of carbonyl (C=O) groups is 2. The lowest BCUT2D eigenvalue weighted by Gasteiger charge is -2.31. The Kier molecular flexibility index (Phi) is 9.88. The van der Waals surface area contributed by atoms with Gasteiger partial charge in [0.05, 0.1) is 32.8 Å². The molecule has 230 valence electrons. The number of amides is 2. The number of anilines is 2. The molecule has 2 saturated heterocycles. The quantitative estimate of drug-likeness (QED) is 0.344. The molecule has 5 rings (SSSR count). The van der Waals surface area contributed by atoms with E-state index in [0.717, 1.165) is 36.0 Å². The monoisotopic (exact) mass is 596 g/mol. The van der Waals surface area contributed by atoms with Gasteiger partial charge in [-0.05, 0) is 48.7 Å². The molecule has 2 atom stereocenters. The second-order valence-corrected chi connectivity index (χ2v) is 11.0. The predicted octanol–water partition coefficient (Wildman–Crippen LogP) is 3.75. The minimum absolute atomic E-state index is 0.284. The standard InChI is InChI=1S/C31H38F2N6O4/c1-21-4-5-22(28(16-21)38-12-14-43-15-13-38)18-39-11-9-34-30(39)36-29(40)26-20-37(10-3-8-35-31(41)42-2)19-25(26)24-7-6-23(32)17-27(24)33/h4-7,9,11,16-17,25-26H,3,8,10,12-15,18-20H2,1-2H3,(H,35,41)(H,34,36,40)/t25-,26?/m0/s1. The zero-order valence-corrected chi connectivity index (χ0v) is 24.5. The summed E-state index contributed by atoms with van der Waals surface area (Å²) in [6.07, 6.45) is 3.58. The van der Waals surface area contributed by atoms with Crippen molar-refractivity contribution >= 4 is 23.6 Å². The summed E-state index contributed by atoms with van der Waals surface area (Å²) in [5.74, 6) is -2.30. The molecule has 2 aliphatic heterocycles. The van der Waals surface area contributed by atoms with Gasteiger partial charge in [0, 0.05) is 62.8 Å². The summed E-state index contributed by atoms with van der Waals surface area (Å²) in [5, 5.41) is 5.63. The van der Waals surface area contributed by atoms with Gasteiger partial charge >= 0.3 is 6.09 Å². The maximum Gasteiger partial charge on any atom is 0.406 e. The summed E-state index contributed by atoms with van der Waals surface area (Å²) in [7, 11) is 1.30. The minimum Gasteiger partial charge on any atom is -0.453 e. The smallest absolute Gasteiger partial charge is 0.406 e. The molecular formula is C31H38F2N6O4. The molecule has 0 radical (unpaired) electrons. The van der Waals surface area contributed by atoms with E-state index in [9.17, 15) is 18.4 Å². The topological polar surface area (TPSA) is 101 Å². The molecule has 1 unspecified atom stereocenters. The Bertz CT molecular complexity index is 1430. The maximum absolute atomic E-state index is 14.9. The molecule has 1 aromatic heterocycles. The van der Waals surface area contributed by atoms with Gasteiger partial charge in [0.1, 0.15) is 11.6 Å². The van der Waals surface area contributed by atoms with Crippen LogP contribution in [0.2, 0.25) is 0 Å². The molecule has 2 fully saturated rings. The van der Waals surface area contributed by atoms with Gasteiger partial charge in [0.25, 0.3) is 0 Å². The summed E-state index contributed by atoms with van der Waals surface area (Å²) in [6.45, 7) is 7.32. The highest BCUT2D eigenvalue weighted by atomic mass is 19.1. The van der Waals surface area contributed by atoms with Crippen LogP contribution in [0, 0.1) is 24.5 Å². The molecule has 3 aromatic rings. The number of rotatable bonds is 10. The van der Waals surface area contributed by atoms with Gasteiger partial charge in [-0.1, -0.05) is 18.2 Å². The Morgan fingerprint density at radius 1 is 1.12 bits per heavy atom. The summed E-state index contributed by atoms with van der Waals surface area (Å²) in [5.41, 5.74) is 3.69. The molecule has 2 aromatic carbocycles. The van der Waals surface area contributed by atoms with Crippen LogP contribution in [0.1, 0.15) is 29.0 Å². The number of methoxy groups -OCH3 is 1. The van der Waals surface area contributed by atoms with Crippen molar-refractivity contribution in [2.24, 2.45) is 5.92 Å². The molecule has 43 heavy (non-hydrogen) atoms. The molecule has 2 aliphatic rings. The van der Waals surface area contributed by atoms with Crippen LogP contribution in [0.3, 0.4) is 0 Å². The third-order valence-corrected chi connectivity index (χ3v) is 8.08. The van der Waals surface area contributed by atoms with Gasteiger partial charge in [-0.2, -0.15) is 0 Å². The van der Waals surface area contributed by atoms with E-state index in [-0.39, 0.29) is 5.91 Å². The largest absolute Gasteiger partial charge is 0.453 e. The van der Waals surface area contributed by atoms with Gasteiger partial charge in [0.15, 0.2) is 0 Å². The fourth-order valence-electron chi connectivity index (χ4n) is 5.87. The van der Waals surface area contributed by atoms with E-state index in [2.05, 4.69) is 55.3 Å². The van der Waals surface area contributed by atoms with Gasteiger partial charge in [-0.3, -0.25) is 10.1 Å². The van der Waals surface area contributed by atoms with Crippen LogP contribution in [-0.4, -0.2) is 86.0 Å². The third-order valence-electron chi connectivity index (χ3n) is 8.08. The summed E-state index contributed by atoms with van der Waals surface area (Å²) in [4.78, 5) is 33.9. The van der Waals surface area contributed by atoms with Crippen LogP contribution in [-0.2, 0) is 20.8 Å². The van der Waals surface area contributed by atoms with Crippen molar-refractivity contribution in [3.8, 4) is 0 Å². The van der Waals surface area contributed by atoms with Crippen molar-refractivity contribution < 1.29 is 27.8 Å². The number of nitrogens with one attached hydrogen (secondary N) is 2. The van der Waals surface area contributed by atoms with Crippen LogP contribution >= 0.6 is 0 Å². The summed E-state index contributed by atoms with van der Waals surface area (Å²) in [6, 6.07) is 9.84. The molecule has 0 aliphatic carbocycles. The van der Waals surface area contributed by atoms with E-state index in [1.54, 1.807) is 6.20 Å². The molecule has 10 nitrogen and oxygen atoms in total. The second kappa shape index (κ2) is 14.0. The van der Waals surface area contributed by atoms with Gasteiger partial charge in [0.2, 0.25) is 11.9 Å². The zero-order valence-electron chi connectivity index (χ0n) is 24.5. The van der Waals surface area contributed by atoms with Crippen molar-refractivity contribution in [1.29, 1.82) is 0 Å². The first-order chi connectivity index (χ1) is 20.8. The van der Waals surface area contributed by atoms with Gasteiger partial charge < -0.3 is 29.2 Å². The average molecular weight is 597 g/mol. The second-order valence-electron chi connectivity index (χ2n) is 11.0. The highest BCUT2D eigenvalue weighted by Crippen LogP contribution is 2.35. The van der Waals surface area contributed by atoms with Crippen molar-refractivity contribution in [2.45, 2.75) is 25.8 Å². The molecule has 2 N–H and O–H groups in total. The number of benzene rings is 2. The Balaban J connectivity index is 1.31. The fourth-order valence-corrected chi connectivity index (χ4v) is 5.87. The highest BCUT2D eigenvalue weighted by Gasteiger charge is 2.40. The first-order valence-electron chi connectivity index (χ1n) is 14.6. The Morgan fingerprint density at radius 3 is 2.70 bits per heavy atom. The number of halogens is 2. The predicted molar refractivity (Wildman–Crippen MR) is 158 cm³/mol. The molecule has 0 saturated carbocycles. The van der Waals surface area contributed by atoms with Crippen molar-refractivity contribution in [2.75, 3.05) is 69.8 Å². The average Bonchev–Trinajstić information content (AvgIpc) is 3.63. The number of alkyl carbamates (subject to hydrolysis) is 1. The molecule has 12 heteroatoms. The first-order valence-corrected chi connectivity index (χ1v) is 14.6. The van der Waals surface area contributed by atoms with Crippen molar-refractivity contribution in [3.63, 3.8) is 0 Å². The lowest BCUT2D eigenvalue weighted by molar-refractivity contribution is -0.120. The molecular weight excluding hydrogens is 558 g/mol. The Labute approximate surface area is 250 Å². The van der Waals surface area contributed by atoms with E-state index < -0.39 is 29.6 Å². The fraction of sp³-hybridized carbons (Fsp3) is 0.452. The van der Waals surface area contributed by atoms with E-state index in [0.29, 0.717) is 63.9 Å². The van der Waals surface area contributed by atoms with Crippen LogP contribution in [0.15, 0.2) is 48.8 Å². The first kappa shape index (κ1) is 30.4. The van der Waals surface area contributed by atoms with Crippen molar-refractivity contribution in [1.82, 2.24) is 19.8 Å². The highest BCUT2D eigenvalue weighted by molar-refractivity contribution is 5.92. The number of hydrogen-bond acceptors (Lipinski definition) is 7. The molecule has 0 bridgehead atoms. The molecule has 2 amide bonds. The lowest BCUT2D eigenvalue weighted by atomic mass is 9.88. The number of hydrogen-bond donors (Lipinski definition) is 2. The summed E-state index contributed by atoms with van der Waals surface area (Å²) < 4.78 is 40.7. The number of carbonyl (C=O) groups excluding carboxylic acids is 2. The van der Waals surface area contributed by atoms with Crippen molar-refractivity contribution in [3.05, 3.63) is 77.1 Å². The van der Waals surface area contributed by atoms with Crippen LogP contribution in [0.4, 0.5) is 25.2 Å². The maximum atomic E-state index is 14.9. The van der Waals surface area contributed by atoms with E-state index in [4.69, 9.17) is 4.74 Å². The van der Waals surface area contributed by atoms with Crippen LogP contribution in [0.5, 0.6) is 0 Å². The van der Waals surface area contributed by atoms with E-state index in [1.807, 2.05) is 10.8 Å². The van der Waals surface area contributed by atoms with E-state index in [1.165, 1.54) is 19.2 Å². The van der Waals surface area contributed by atoms with Gasteiger partial charge in [-0.25, -0.2) is 18.6 Å². The molecule has 3 heterocycles. The molecule has 0 spiro atoms. The number of aromatic nitrogens is 2. The number of morpholine rings is 1. The normalized spacial score (nSPS) is 18.9. The van der Waals surface area contributed by atoms with Crippen LogP contribution < -0.4 is 15.5 Å². The lowest BCUT2D eigenvalue weighted by Crippen LogP contribution is -2.37. The summed E-state index contributed by atoms with van der Waals surface area (Å²) >= 11 is 0. The Morgan fingerprint density at radius 2 is 1.93 bits per heavy atom. The number of imidazole rings is 1. The minimum atomic E-state index is -0.673. The number of aryl methyl sites for hydroxylation is 1. The Hall–Kier alpha value is -4.03. The van der Waals surface area contributed by atoms with Gasteiger partial charge in [-0.15, -0.1) is 0 Å². The number of nitrogens with zero attached hydrogens (tertiary/aromatic N) is 4. The SMILES string of the molecule is COC(=O)NCCCN1CC(C(=O)Nc2nccn2Cc2ccc(C)cc2N2CCOCC2)[C@H](c2ccc(F)cc2F)C1.